The molecule has 0 aliphatic rings. The van der Waals surface area contributed by atoms with Gasteiger partial charge in [0.25, 0.3) is 5.71 Å². The zero-order valence-corrected chi connectivity index (χ0v) is 11.1. The number of hydrogen-bond acceptors (Lipinski definition) is 6. The smallest absolute Gasteiger partial charge is 0.317 e. The first kappa shape index (κ1) is 12.8. The fourth-order valence-electron chi connectivity index (χ4n) is 1.57. The second kappa shape index (κ2) is 4.93. The van der Waals surface area contributed by atoms with Crippen LogP contribution in [0.3, 0.4) is 0 Å². The maximum absolute atomic E-state index is 11.2. The van der Waals surface area contributed by atoms with Gasteiger partial charge in [0.05, 0.1) is 11.1 Å². The average molecular weight is 267 g/mol. The van der Waals surface area contributed by atoms with Gasteiger partial charge in [0.15, 0.2) is 0 Å². The van der Waals surface area contributed by atoms with Crippen LogP contribution in [0.15, 0.2) is 15.9 Å². The molecule has 1 atom stereocenters. The lowest BCUT2D eigenvalue weighted by Crippen LogP contribution is -2.22. The van der Waals surface area contributed by atoms with Gasteiger partial charge in [-0.3, -0.25) is 4.79 Å². The van der Waals surface area contributed by atoms with Gasteiger partial charge in [-0.25, -0.2) is 4.98 Å². The van der Waals surface area contributed by atoms with Crippen molar-refractivity contribution >= 4 is 28.8 Å². The van der Waals surface area contributed by atoms with Crippen molar-refractivity contribution < 1.29 is 14.4 Å². The van der Waals surface area contributed by atoms with Crippen molar-refractivity contribution in [3.8, 4) is 0 Å². The third-order valence-electron chi connectivity index (χ3n) is 2.50. The van der Waals surface area contributed by atoms with Crippen LogP contribution in [-0.4, -0.2) is 31.5 Å². The molecule has 18 heavy (non-hydrogen) atoms. The summed E-state index contributed by atoms with van der Waals surface area (Å²) in [6.45, 7) is 5.51. The quantitative estimate of drug-likeness (QED) is 0.670. The van der Waals surface area contributed by atoms with Gasteiger partial charge in [-0.1, -0.05) is 30.8 Å². The van der Waals surface area contributed by atoms with Gasteiger partial charge in [0.1, 0.15) is 16.6 Å². The SMILES string of the molecule is Cc1noc2ncnc(SC(C(=O)O)C(C)C)c12. The fraction of sp³-hybridized carbons (Fsp3) is 0.455. The molecule has 7 heteroatoms. The molecule has 0 amide bonds. The molecule has 2 aromatic rings. The molecule has 2 rings (SSSR count). The van der Waals surface area contributed by atoms with Crippen molar-refractivity contribution in [3.05, 3.63) is 12.0 Å². The van der Waals surface area contributed by atoms with E-state index in [1.165, 1.54) is 18.1 Å². The molecule has 0 bridgehead atoms. The molecule has 96 valence electrons. The Morgan fingerprint density at radius 1 is 1.44 bits per heavy atom. The monoisotopic (exact) mass is 267 g/mol. The summed E-state index contributed by atoms with van der Waals surface area (Å²) in [7, 11) is 0. The minimum atomic E-state index is -0.851. The molecule has 2 heterocycles. The van der Waals surface area contributed by atoms with Crippen LogP contribution in [0.1, 0.15) is 19.5 Å². The molecule has 0 radical (unpaired) electrons. The van der Waals surface area contributed by atoms with Crippen LogP contribution < -0.4 is 0 Å². The summed E-state index contributed by atoms with van der Waals surface area (Å²) in [6, 6.07) is 0. The predicted molar refractivity (Wildman–Crippen MR) is 66.5 cm³/mol. The Kier molecular flexibility index (Phi) is 3.51. The van der Waals surface area contributed by atoms with E-state index in [0.29, 0.717) is 21.8 Å². The highest BCUT2D eigenvalue weighted by Gasteiger charge is 2.25. The minimum absolute atomic E-state index is 0.00215. The Labute approximate surface area is 108 Å². The van der Waals surface area contributed by atoms with Gasteiger partial charge >= 0.3 is 5.97 Å². The van der Waals surface area contributed by atoms with Crippen LogP contribution in [0, 0.1) is 12.8 Å². The Morgan fingerprint density at radius 2 is 2.17 bits per heavy atom. The largest absolute Gasteiger partial charge is 0.480 e. The summed E-state index contributed by atoms with van der Waals surface area (Å²) in [5.74, 6) is -0.853. The molecule has 0 aliphatic heterocycles. The molecule has 1 unspecified atom stereocenters. The summed E-state index contributed by atoms with van der Waals surface area (Å²) in [5, 5.41) is 13.7. The van der Waals surface area contributed by atoms with Crippen molar-refractivity contribution in [3.63, 3.8) is 0 Å². The zero-order chi connectivity index (χ0) is 13.3. The fourth-order valence-corrected chi connectivity index (χ4v) is 2.65. The molecule has 0 spiro atoms. The third kappa shape index (κ3) is 2.31. The second-order valence-corrected chi connectivity index (χ2v) is 5.38. The van der Waals surface area contributed by atoms with E-state index in [9.17, 15) is 9.90 Å². The maximum Gasteiger partial charge on any atom is 0.317 e. The van der Waals surface area contributed by atoms with E-state index >= 15 is 0 Å². The molecular weight excluding hydrogens is 254 g/mol. The van der Waals surface area contributed by atoms with Gasteiger partial charge < -0.3 is 9.63 Å². The van der Waals surface area contributed by atoms with Gasteiger partial charge in [0.2, 0.25) is 0 Å². The highest BCUT2D eigenvalue weighted by atomic mass is 32.2. The molecule has 1 N–H and O–H groups in total. The number of thioether (sulfide) groups is 1. The summed E-state index contributed by atoms with van der Waals surface area (Å²) >= 11 is 1.20. The first-order valence-corrected chi connectivity index (χ1v) is 6.35. The topological polar surface area (TPSA) is 89.1 Å². The maximum atomic E-state index is 11.2. The Bertz CT molecular complexity index is 582. The Morgan fingerprint density at radius 3 is 2.78 bits per heavy atom. The number of hydrogen-bond donors (Lipinski definition) is 1. The van der Waals surface area contributed by atoms with Gasteiger partial charge in [-0.15, -0.1) is 0 Å². The van der Waals surface area contributed by atoms with Gasteiger partial charge in [-0.2, -0.15) is 4.98 Å². The lowest BCUT2D eigenvalue weighted by Gasteiger charge is -2.14. The third-order valence-corrected chi connectivity index (χ3v) is 4.03. The summed E-state index contributed by atoms with van der Waals surface area (Å²) < 4.78 is 5.03. The molecule has 0 saturated heterocycles. The minimum Gasteiger partial charge on any atom is -0.480 e. The first-order valence-electron chi connectivity index (χ1n) is 5.47. The van der Waals surface area contributed by atoms with Crippen LogP contribution in [0.2, 0.25) is 0 Å². The number of carbonyl (C=O) groups is 1. The molecule has 0 aromatic carbocycles. The number of carboxylic acid groups (broad SMARTS) is 1. The Balaban J connectivity index is 2.42. The standard InChI is InChI=1S/C11H13N3O3S/c1-5(2)8(11(15)16)18-10-7-6(3)14-17-9(7)12-4-13-10/h4-5,8H,1-3H3,(H,15,16). The van der Waals surface area contributed by atoms with Crippen LogP contribution in [-0.2, 0) is 4.79 Å². The number of aliphatic carboxylic acids is 1. The van der Waals surface area contributed by atoms with E-state index in [2.05, 4.69) is 15.1 Å². The van der Waals surface area contributed by atoms with Crippen LogP contribution in [0.5, 0.6) is 0 Å². The highest BCUT2D eigenvalue weighted by Crippen LogP contribution is 2.32. The molecule has 0 saturated carbocycles. The van der Waals surface area contributed by atoms with Crippen molar-refractivity contribution in [1.82, 2.24) is 15.1 Å². The molecule has 0 fully saturated rings. The number of aromatic nitrogens is 3. The summed E-state index contributed by atoms with van der Waals surface area (Å²) in [4.78, 5) is 19.3. The van der Waals surface area contributed by atoms with Crippen molar-refractivity contribution in [2.45, 2.75) is 31.0 Å². The number of nitrogens with zero attached hydrogens (tertiary/aromatic N) is 3. The highest BCUT2D eigenvalue weighted by molar-refractivity contribution is 8.00. The number of rotatable bonds is 4. The average Bonchev–Trinajstić information content (AvgIpc) is 2.68. The number of fused-ring (bicyclic) bond motifs is 1. The lowest BCUT2D eigenvalue weighted by molar-refractivity contribution is -0.137. The summed E-state index contributed by atoms with van der Waals surface area (Å²) in [6.07, 6.45) is 1.36. The van der Waals surface area contributed by atoms with Crippen molar-refractivity contribution in [2.75, 3.05) is 0 Å². The number of carboxylic acids is 1. The first-order chi connectivity index (χ1) is 8.50. The molecule has 0 aliphatic carbocycles. The molecule has 2 aromatic heterocycles. The van der Waals surface area contributed by atoms with E-state index in [0.717, 1.165) is 0 Å². The van der Waals surface area contributed by atoms with Crippen LogP contribution in [0.4, 0.5) is 0 Å². The normalized spacial score (nSPS) is 13.1. The van der Waals surface area contributed by atoms with Crippen LogP contribution >= 0.6 is 11.8 Å². The van der Waals surface area contributed by atoms with Crippen LogP contribution in [0.25, 0.3) is 11.1 Å². The second-order valence-electron chi connectivity index (χ2n) is 4.25. The van der Waals surface area contributed by atoms with E-state index in [-0.39, 0.29) is 5.92 Å². The summed E-state index contributed by atoms with van der Waals surface area (Å²) in [5.41, 5.74) is 1.05. The van der Waals surface area contributed by atoms with E-state index < -0.39 is 11.2 Å². The molecule has 6 nitrogen and oxygen atoms in total. The lowest BCUT2D eigenvalue weighted by atomic mass is 10.1. The zero-order valence-electron chi connectivity index (χ0n) is 10.2. The Hall–Kier alpha value is -1.63. The van der Waals surface area contributed by atoms with Gasteiger partial charge in [0, 0.05) is 0 Å². The predicted octanol–water partition coefficient (Wildman–Crippen LogP) is 2.13. The van der Waals surface area contributed by atoms with E-state index in [1.807, 2.05) is 13.8 Å². The van der Waals surface area contributed by atoms with E-state index in [1.54, 1.807) is 6.92 Å². The molecular formula is C11H13N3O3S. The number of aryl methyl sites for hydroxylation is 1. The van der Waals surface area contributed by atoms with Gasteiger partial charge in [-0.05, 0) is 12.8 Å². The van der Waals surface area contributed by atoms with E-state index in [4.69, 9.17) is 4.52 Å². The van der Waals surface area contributed by atoms with Crippen molar-refractivity contribution in [2.24, 2.45) is 5.92 Å². The van der Waals surface area contributed by atoms with Crippen molar-refractivity contribution in [1.29, 1.82) is 0 Å².